The summed E-state index contributed by atoms with van der Waals surface area (Å²) in [4.78, 5) is 47.1. The molecule has 2 aromatic rings. The number of ether oxygens (including phenoxy) is 1. The van der Waals surface area contributed by atoms with Gasteiger partial charge in [0.15, 0.2) is 5.70 Å². The van der Waals surface area contributed by atoms with E-state index in [4.69, 9.17) is 4.74 Å². The average Bonchev–Trinajstić information content (AvgIpc) is 3.25. The van der Waals surface area contributed by atoms with Gasteiger partial charge in [-0.3, -0.25) is 9.80 Å². The summed E-state index contributed by atoms with van der Waals surface area (Å²) in [6, 6.07) is 17.9. The predicted octanol–water partition coefficient (Wildman–Crippen LogP) is 5.41. The normalized spacial score (nSPS) is 25.2. The molecule has 1 unspecified atom stereocenters. The minimum atomic E-state index is -0.802. The van der Waals surface area contributed by atoms with E-state index in [1.165, 1.54) is 0 Å². The van der Waals surface area contributed by atoms with Crippen LogP contribution >= 0.6 is 0 Å². The number of rotatable bonds is 4. The molecular formula is C32H41N4O5+. The molecule has 2 aliphatic heterocycles. The van der Waals surface area contributed by atoms with Gasteiger partial charge < -0.3 is 14.7 Å². The number of nitrogens with zero attached hydrogens (tertiary/aromatic N) is 4. The van der Waals surface area contributed by atoms with Crippen molar-refractivity contribution in [3.63, 3.8) is 0 Å². The van der Waals surface area contributed by atoms with Crippen molar-refractivity contribution in [1.82, 2.24) is 14.7 Å². The third-order valence-electron chi connectivity index (χ3n) is 8.17. The summed E-state index contributed by atoms with van der Waals surface area (Å²) < 4.78 is 4.96. The van der Waals surface area contributed by atoms with Gasteiger partial charge in [-0.1, -0.05) is 55.0 Å². The number of hydrogen-bond acceptors (Lipinski definition) is 5. The predicted molar refractivity (Wildman–Crippen MR) is 155 cm³/mol. The Kier molecular flexibility index (Phi) is 8.20. The molecule has 3 aliphatic rings. The Balaban J connectivity index is 1.52. The molecule has 9 heteroatoms. The fourth-order valence-corrected chi connectivity index (χ4v) is 6.20. The van der Waals surface area contributed by atoms with Crippen LogP contribution < -0.4 is 0 Å². The molecule has 1 aliphatic carbocycles. The van der Waals surface area contributed by atoms with Crippen molar-refractivity contribution in [2.45, 2.75) is 70.7 Å². The molecule has 2 fully saturated rings. The number of quaternary nitrogens is 1. The zero-order valence-corrected chi connectivity index (χ0v) is 24.2. The fraction of sp³-hybridized carbons (Fsp3) is 0.469. The number of hydrogen-bond donors (Lipinski definition) is 1. The van der Waals surface area contributed by atoms with Crippen molar-refractivity contribution >= 4 is 23.9 Å². The van der Waals surface area contributed by atoms with E-state index >= 15 is 0 Å². The maximum Gasteiger partial charge on any atom is 0.438 e. The molecule has 0 aromatic heterocycles. The van der Waals surface area contributed by atoms with Crippen LogP contribution in [-0.4, -0.2) is 86.4 Å². The van der Waals surface area contributed by atoms with Crippen LogP contribution in [0.25, 0.3) is 5.70 Å². The van der Waals surface area contributed by atoms with Crippen LogP contribution in [0.3, 0.4) is 0 Å². The van der Waals surface area contributed by atoms with Crippen molar-refractivity contribution in [2.24, 2.45) is 0 Å². The van der Waals surface area contributed by atoms with E-state index in [0.29, 0.717) is 38.2 Å². The van der Waals surface area contributed by atoms with Gasteiger partial charge in [-0.05, 0) is 51.3 Å². The quantitative estimate of drug-likeness (QED) is 0.504. The summed E-state index contributed by atoms with van der Waals surface area (Å²) in [6.07, 6.45) is 3.37. The molecule has 5 rings (SSSR count). The Morgan fingerprint density at radius 1 is 0.902 bits per heavy atom. The third-order valence-corrected chi connectivity index (χ3v) is 8.17. The van der Waals surface area contributed by atoms with Crippen LogP contribution in [0.15, 0.2) is 66.9 Å². The smallest absolute Gasteiger partial charge is 0.438 e. The van der Waals surface area contributed by atoms with Gasteiger partial charge in [-0.15, -0.1) is 4.48 Å². The van der Waals surface area contributed by atoms with Crippen LogP contribution in [-0.2, 0) is 11.3 Å². The highest BCUT2D eigenvalue weighted by Crippen LogP contribution is 2.45. The standard InChI is InChI=1S/C32H41N4O5/c1-32(2,3)41-31(40)34-20-18-33(19-21-34)29(38)36(26-16-10-11-17-28(26)37)27(25-14-8-5-9-15-25)23-35(30(36)39)22-24-12-6-4-7-13-24/h4-9,12-15,23,26,28,37H,10-11,16-22H2,1-3H3/q+1/t26-,28-,36?/m1/s1. The van der Waals surface area contributed by atoms with Gasteiger partial charge in [0, 0.05) is 38.2 Å². The zero-order chi connectivity index (χ0) is 29.2. The highest BCUT2D eigenvalue weighted by Gasteiger charge is 2.64. The van der Waals surface area contributed by atoms with Crippen molar-refractivity contribution < 1.29 is 28.7 Å². The van der Waals surface area contributed by atoms with E-state index < -0.39 is 28.3 Å². The van der Waals surface area contributed by atoms with Gasteiger partial charge in [0.2, 0.25) is 0 Å². The second-order valence-corrected chi connectivity index (χ2v) is 12.2. The molecule has 1 N–H and O–H groups in total. The van der Waals surface area contributed by atoms with E-state index in [1.54, 1.807) is 20.9 Å². The lowest BCUT2D eigenvalue weighted by molar-refractivity contribution is -0.734. The summed E-state index contributed by atoms with van der Waals surface area (Å²) in [5.74, 6) is 0. The van der Waals surface area contributed by atoms with Gasteiger partial charge >= 0.3 is 18.2 Å². The molecule has 1 saturated carbocycles. The molecule has 5 amide bonds. The van der Waals surface area contributed by atoms with Gasteiger partial charge in [0.05, 0.1) is 12.7 Å². The number of benzene rings is 2. The summed E-state index contributed by atoms with van der Waals surface area (Å²) in [5, 5.41) is 11.4. The first-order valence-corrected chi connectivity index (χ1v) is 14.6. The Bertz CT molecular complexity index is 1280. The van der Waals surface area contributed by atoms with Crippen LogP contribution in [0, 0.1) is 0 Å². The summed E-state index contributed by atoms with van der Waals surface area (Å²) in [5.41, 5.74) is 1.69. The molecule has 3 atom stereocenters. The van der Waals surface area contributed by atoms with Crippen molar-refractivity contribution in [2.75, 3.05) is 26.2 Å². The molecule has 41 heavy (non-hydrogen) atoms. The van der Waals surface area contributed by atoms with Gasteiger partial charge in [-0.25, -0.2) is 14.4 Å². The van der Waals surface area contributed by atoms with Crippen LogP contribution in [0.2, 0.25) is 0 Å². The van der Waals surface area contributed by atoms with Gasteiger partial charge in [0.25, 0.3) is 0 Å². The topological polar surface area (TPSA) is 90.4 Å². The number of imide groups is 1. The van der Waals surface area contributed by atoms with Crippen molar-refractivity contribution in [3.8, 4) is 0 Å². The Morgan fingerprint density at radius 2 is 1.49 bits per heavy atom. The number of urea groups is 2. The first kappa shape index (κ1) is 28.8. The number of carbonyl (C=O) groups excluding carboxylic acids is 3. The van der Waals surface area contributed by atoms with Crippen LogP contribution in [0.1, 0.15) is 57.6 Å². The Morgan fingerprint density at radius 3 is 2.10 bits per heavy atom. The van der Waals surface area contributed by atoms with E-state index in [1.807, 2.05) is 81.4 Å². The van der Waals surface area contributed by atoms with Crippen molar-refractivity contribution in [3.05, 3.63) is 78.0 Å². The lowest BCUT2D eigenvalue weighted by Gasteiger charge is -2.45. The van der Waals surface area contributed by atoms with Crippen molar-refractivity contribution in [1.29, 1.82) is 0 Å². The largest absolute Gasteiger partial charge is 0.444 e. The van der Waals surface area contributed by atoms with Gasteiger partial charge in [0.1, 0.15) is 17.7 Å². The maximum absolute atomic E-state index is 14.8. The number of aliphatic hydroxyl groups is 1. The second-order valence-electron chi connectivity index (χ2n) is 12.2. The highest BCUT2D eigenvalue weighted by atomic mass is 16.6. The molecule has 218 valence electrons. The summed E-state index contributed by atoms with van der Waals surface area (Å²) in [7, 11) is 0. The first-order chi connectivity index (χ1) is 19.6. The number of aliphatic hydroxyl groups excluding tert-OH is 1. The number of amides is 5. The second kappa shape index (κ2) is 11.7. The number of piperazine rings is 1. The van der Waals surface area contributed by atoms with E-state index in [9.17, 15) is 19.5 Å². The molecule has 0 bridgehead atoms. The Hall–Kier alpha value is -3.69. The Labute approximate surface area is 242 Å². The van der Waals surface area contributed by atoms with Crippen LogP contribution in [0.4, 0.5) is 14.4 Å². The van der Waals surface area contributed by atoms with E-state index in [-0.39, 0.29) is 25.2 Å². The van der Waals surface area contributed by atoms with Gasteiger partial charge in [-0.2, -0.15) is 0 Å². The first-order valence-electron chi connectivity index (χ1n) is 14.6. The molecular weight excluding hydrogens is 520 g/mol. The SMILES string of the molecule is CC(C)(C)OC(=O)N1CCN(C(=O)[N+]2([C@@H]3CCCC[C@H]3O)C(=O)N(Cc3ccccc3)C=C2c2ccccc2)CC1. The highest BCUT2D eigenvalue weighted by molar-refractivity contribution is 5.95. The molecule has 2 aromatic carbocycles. The maximum atomic E-state index is 14.8. The fourth-order valence-electron chi connectivity index (χ4n) is 6.20. The monoisotopic (exact) mass is 561 g/mol. The number of carbonyl (C=O) groups is 3. The molecule has 0 radical (unpaired) electrons. The summed E-state index contributed by atoms with van der Waals surface area (Å²) in [6.45, 7) is 6.95. The summed E-state index contributed by atoms with van der Waals surface area (Å²) >= 11 is 0. The molecule has 9 nitrogen and oxygen atoms in total. The van der Waals surface area contributed by atoms with E-state index in [0.717, 1.165) is 24.0 Å². The average molecular weight is 562 g/mol. The molecule has 2 heterocycles. The third kappa shape index (κ3) is 5.74. The lowest BCUT2D eigenvalue weighted by Crippen LogP contribution is -2.69. The van der Waals surface area contributed by atoms with E-state index in [2.05, 4.69) is 0 Å². The lowest BCUT2D eigenvalue weighted by atomic mass is 9.88. The van der Waals surface area contributed by atoms with Crippen LogP contribution in [0.5, 0.6) is 0 Å². The molecule has 0 spiro atoms. The minimum absolute atomic E-state index is 0.273. The minimum Gasteiger partial charge on any atom is -0.444 e. The molecule has 1 saturated heterocycles. The zero-order valence-electron chi connectivity index (χ0n) is 24.2.